The van der Waals surface area contributed by atoms with Gasteiger partial charge in [0.2, 0.25) is 11.8 Å². The second-order valence-corrected chi connectivity index (χ2v) is 13.9. The van der Waals surface area contributed by atoms with E-state index < -0.39 is 0 Å². The van der Waals surface area contributed by atoms with Crippen LogP contribution in [0, 0.1) is 5.82 Å². The Labute approximate surface area is 289 Å². The van der Waals surface area contributed by atoms with Crippen molar-refractivity contribution in [3.63, 3.8) is 0 Å². The van der Waals surface area contributed by atoms with E-state index in [0.717, 1.165) is 53.8 Å². The van der Waals surface area contributed by atoms with Gasteiger partial charge in [0.25, 0.3) is 0 Å². The molecule has 12 nitrogen and oxygen atoms in total. The summed E-state index contributed by atoms with van der Waals surface area (Å²) in [6.45, 7) is 1.47. The number of amides is 4. The molecule has 3 aliphatic rings. The van der Waals surface area contributed by atoms with Crippen LogP contribution in [0.4, 0.5) is 20.7 Å². The molecule has 2 aliphatic heterocycles. The van der Waals surface area contributed by atoms with E-state index in [1.54, 1.807) is 19.2 Å². The molecule has 3 atom stereocenters. The SMILES string of the molecule is COc1cc2c(cc1OCCCNC(=O)CCCCNC(=O)CCCCC1SCC3NC(=O)NC31)Cc1c(Nc3cccc(F)c3)n[nH]c1-2. The Morgan fingerprint density at radius 3 is 2.59 bits per heavy atom. The maximum absolute atomic E-state index is 13.7. The number of aromatic amines is 1. The monoisotopic (exact) mass is 693 g/mol. The highest BCUT2D eigenvalue weighted by Crippen LogP contribution is 2.44. The van der Waals surface area contributed by atoms with Crippen molar-refractivity contribution in [2.75, 3.05) is 37.9 Å². The number of hydrogen-bond donors (Lipinski definition) is 6. The summed E-state index contributed by atoms with van der Waals surface area (Å²) in [5.41, 5.74) is 4.57. The van der Waals surface area contributed by atoms with Crippen molar-refractivity contribution < 1.29 is 28.2 Å². The topological polar surface area (TPSA) is 158 Å². The van der Waals surface area contributed by atoms with Crippen LogP contribution in [0.5, 0.6) is 11.5 Å². The maximum Gasteiger partial charge on any atom is 0.315 e. The number of ether oxygens (including phenoxy) is 2. The molecule has 2 aromatic carbocycles. The van der Waals surface area contributed by atoms with Gasteiger partial charge in [0.05, 0.1) is 31.5 Å². The Morgan fingerprint density at radius 1 is 1.00 bits per heavy atom. The van der Waals surface area contributed by atoms with E-state index in [1.165, 1.54) is 12.1 Å². The largest absolute Gasteiger partial charge is 0.493 e. The Morgan fingerprint density at radius 2 is 1.80 bits per heavy atom. The van der Waals surface area contributed by atoms with Gasteiger partial charge in [-0.25, -0.2) is 9.18 Å². The molecule has 6 N–H and O–H groups in total. The predicted octanol–water partition coefficient (Wildman–Crippen LogP) is 4.77. The number of hydrogen-bond acceptors (Lipinski definition) is 8. The van der Waals surface area contributed by atoms with Crippen molar-refractivity contribution >= 4 is 41.1 Å². The molecule has 2 saturated heterocycles. The van der Waals surface area contributed by atoms with E-state index >= 15 is 0 Å². The molecule has 262 valence electrons. The van der Waals surface area contributed by atoms with Gasteiger partial charge in [-0.15, -0.1) is 0 Å². The lowest BCUT2D eigenvalue weighted by Gasteiger charge is -2.16. The molecular formula is C35H44FN7O5S. The third-order valence-electron chi connectivity index (χ3n) is 9.11. The molecule has 4 amide bonds. The summed E-state index contributed by atoms with van der Waals surface area (Å²) in [5, 5.41) is 23.0. The molecule has 0 bridgehead atoms. The average molecular weight is 694 g/mol. The fraction of sp³-hybridized carbons (Fsp3) is 0.486. The standard InChI is InChI=1S/C35H44FN7O5S/c1-47-27-19-24-21(16-25-32(24)42-43-34(25)39-23-9-6-8-22(36)18-23)17-28(27)48-15-7-14-38-31(45)12-4-5-13-37-30(44)11-3-2-10-29-33-26(20-49-29)40-35(46)41-33/h6,8-9,17-19,26,29,33H,2-5,7,10-16,20H2,1H3,(H,37,44)(H,38,45)(H2,39,42,43)(H2,40,41,46). The Kier molecular flexibility index (Phi) is 11.4. The van der Waals surface area contributed by atoms with Gasteiger partial charge in [0.1, 0.15) is 5.82 Å². The lowest BCUT2D eigenvalue weighted by atomic mass is 10.0. The van der Waals surface area contributed by atoms with Crippen molar-refractivity contribution in [3.8, 4) is 22.8 Å². The zero-order valence-electron chi connectivity index (χ0n) is 27.7. The number of rotatable bonds is 18. The summed E-state index contributed by atoms with van der Waals surface area (Å²) in [6, 6.07) is 10.6. The number of anilines is 2. The van der Waals surface area contributed by atoms with E-state index in [1.807, 2.05) is 23.9 Å². The number of thioether (sulfide) groups is 1. The van der Waals surface area contributed by atoms with Gasteiger partial charge in [-0.3, -0.25) is 14.7 Å². The first-order valence-electron chi connectivity index (χ1n) is 17.0. The van der Waals surface area contributed by atoms with Crippen molar-refractivity contribution in [1.29, 1.82) is 0 Å². The number of halogens is 1. The molecule has 0 spiro atoms. The molecular weight excluding hydrogens is 649 g/mol. The number of carbonyl (C=O) groups excluding carboxylic acids is 3. The van der Waals surface area contributed by atoms with Crippen LogP contribution in [0.25, 0.3) is 11.3 Å². The molecule has 2 fully saturated rings. The average Bonchev–Trinajstić information content (AvgIpc) is 3.84. The number of H-pyrrole nitrogens is 1. The van der Waals surface area contributed by atoms with Gasteiger partial charge in [-0.2, -0.15) is 16.9 Å². The highest BCUT2D eigenvalue weighted by atomic mass is 32.2. The molecule has 1 aromatic heterocycles. The van der Waals surface area contributed by atoms with Crippen molar-refractivity contribution in [1.82, 2.24) is 31.5 Å². The fourth-order valence-corrected chi connectivity index (χ4v) is 8.13. The highest BCUT2D eigenvalue weighted by molar-refractivity contribution is 8.00. The minimum Gasteiger partial charge on any atom is -0.493 e. The molecule has 0 radical (unpaired) electrons. The first kappa shape index (κ1) is 34.4. The second kappa shape index (κ2) is 16.3. The Balaban J connectivity index is 0.820. The van der Waals surface area contributed by atoms with Crippen LogP contribution >= 0.6 is 11.8 Å². The second-order valence-electron chi connectivity index (χ2n) is 12.6. The summed E-state index contributed by atoms with van der Waals surface area (Å²) in [4.78, 5) is 36.0. The number of carbonyl (C=O) groups is 3. The van der Waals surface area contributed by atoms with Gasteiger partial charge in [0.15, 0.2) is 17.3 Å². The van der Waals surface area contributed by atoms with Gasteiger partial charge < -0.3 is 36.1 Å². The number of benzene rings is 2. The molecule has 49 heavy (non-hydrogen) atoms. The number of fused-ring (bicyclic) bond motifs is 4. The van der Waals surface area contributed by atoms with Crippen LogP contribution < -0.4 is 36.1 Å². The van der Waals surface area contributed by atoms with E-state index in [4.69, 9.17) is 9.47 Å². The lowest BCUT2D eigenvalue weighted by Crippen LogP contribution is -2.36. The first-order valence-corrected chi connectivity index (χ1v) is 18.1. The van der Waals surface area contributed by atoms with Crippen molar-refractivity contribution in [2.45, 2.75) is 75.1 Å². The predicted molar refractivity (Wildman–Crippen MR) is 187 cm³/mol. The molecule has 0 saturated carbocycles. The molecule has 14 heteroatoms. The molecule has 6 rings (SSSR count). The van der Waals surface area contributed by atoms with Crippen molar-refractivity contribution in [2.24, 2.45) is 0 Å². The van der Waals surface area contributed by atoms with Gasteiger partial charge in [-0.05, 0) is 68.0 Å². The van der Waals surface area contributed by atoms with Crippen LogP contribution in [0.2, 0.25) is 0 Å². The van der Waals surface area contributed by atoms with Crippen LogP contribution in [-0.2, 0) is 16.0 Å². The van der Waals surface area contributed by atoms with E-state index in [-0.39, 0.29) is 35.7 Å². The molecule has 1 aliphatic carbocycles. The summed E-state index contributed by atoms with van der Waals surface area (Å²) >= 11 is 1.89. The number of methoxy groups -OCH3 is 1. The van der Waals surface area contributed by atoms with E-state index in [9.17, 15) is 18.8 Å². The summed E-state index contributed by atoms with van der Waals surface area (Å²) in [7, 11) is 1.60. The molecule has 3 heterocycles. The van der Waals surface area contributed by atoms with E-state index in [2.05, 4.69) is 36.8 Å². The van der Waals surface area contributed by atoms with Crippen LogP contribution in [0.3, 0.4) is 0 Å². The molecule has 3 aromatic rings. The van der Waals surface area contributed by atoms with Gasteiger partial charge >= 0.3 is 6.03 Å². The first-order chi connectivity index (χ1) is 23.9. The highest BCUT2D eigenvalue weighted by Gasteiger charge is 2.42. The zero-order valence-corrected chi connectivity index (χ0v) is 28.5. The quantitative estimate of drug-likeness (QED) is 0.0643. The normalized spacial score (nSPS) is 18.6. The smallest absolute Gasteiger partial charge is 0.315 e. The molecule has 3 unspecified atom stereocenters. The summed E-state index contributed by atoms with van der Waals surface area (Å²) < 4.78 is 25.3. The number of nitrogens with one attached hydrogen (secondary N) is 6. The fourth-order valence-electron chi connectivity index (χ4n) is 6.58. The maximum atomic E-state index is 13.7. The number of urea groups is 1. The van der Waals surface area contributed by atoms with Crippen LogP contribution in [0.15, 0.2) is 36.4 Å². The third-order valence-corrected chi connectivity index (χ3v) is 10.6. The van der Waals surface area contributed by atoms with Crippen LogP contribution in [-0.4, -0.2) is 77.9 Å². The third kappa shape index (κ3) is 8.77. The van der Waals surface area contributed by atoms with Gasteiger partial charge in [-0.1, -0.05) is 12.5 Å². The number of aromatic nitrogens is 2. The minimum absolute atomic E-state index is 0.0143. The summed E-state index contributed by atoms with van der Waals surface area (Å²) in [5.74, 6) is 2.55. The van der Waals surface area contributed by atoms with Crippen LogP contribution in [0.1, 0.15) is 62.5 Å². The number of nitrogens with zero attached hydrogens (tertiary/aromatic N) is 1. The van der Waals surface area contributed by atoms with Crippen molar-refractivity contribution in [3.05, 3.63) is 53.3 Å². The summed E-state index contributed by atoms with van der Waals surface area (Å²) in [6.07, 6.45) is 6.42. The minimum atomic E-state index is -0.319. The van der Waals surface area contributed by atoms with Gasteiger partial charge in [0, 0.05) is 60.2 Å². The number of unbranched alkanes of at least 4 members (excludes halogenated alkanes) is 2. The Hall–Kier alpha value is -4.46. The Bertz CT molecular complexity index is 1650. The van der Waals surface area contributed by atoms with E-state index in [0.29, 0.717) is 80.1 Å². The lowest BCUT2D eigenvalue weighted by molar-refractivity contribution is -0.121. The zero-order chi connectivity index (χ0) is 34.2.